The molecule has 11 nitrogen and oxygen atoms in total. The predicted molar refractivity (Wildman–Crippen MR) is 121 cm³/mol. The Balaban J connectivity index is 1.89. The third kappa shape index (κ3) is 5.38. The number of carbonyl (C=O) groups is 4. The number of anilines is 1. The summed E-state index contributed by atoms with van der Waals surface area (Å²) in [6.07, 6.45) is 0.882. The first kappa shape index (κ1) is 24.4. The zero-order valence-corrected chi connectivity index (χ0v) is 18.6. The molecule has 0 bridgehead atoms. The molecule has 2 aromatic rings. The van der Waals surface area contributed by atoms with Crippen LogP contribution < -0.4 is 10.3 Å². The Morgan fingerprint density at radius 1 is 1.26 bits per heavy atom. The van der Waals surface area contributed by atoms with Crippen LogP contribution >= 0.6 is 11.6 Å². The van der Waals surface area contributed by atoms with Crippen molar-refractivity contribution in [1.29, 1.82) is 0 Å². The van der Waals surface area contributed by atoms with Gasteiger partial charge in [-0.1, -0.05) is 35.9 Å². The molecule has 34 heavy (non-hydrogen) atoms. The highest BCUT2D eigenvalue weighted by Crippen LogP contribution is 2.31. The molecule has 1 saturated heterocycles. The van der Waals surface area contributed by atoms with Gasteiger partial charge in [-0.3, -0.25) is 24.5 Å². The molecule has 0 aromatic heterocycles. The summed E-state index contributed by atoms with van der Waals surface area (Å²) in [5.74, 6) is -2.24. The van der Waals surface area contributed by atoms with Gasteiger partial charge in [-0.05, 0) is 30.7 Å². The summed E-state index contributed by atoms with van der Waals surface area (Å²) in [4.78, 5) is 62.0. The molecule has 176 valence electrons. The van der Waals surface area contributed by atoms with Gasteiger partial charge in [0.2, 0.25) is 5.91 Å². The standard InChI is InChI=1S/C22H19ClN4O7/c1-2-34-22(31)24-26(19(28)11-10-14-6-5-7-15(12-14)27(32)33)18-13-20(29)25(21(18)30)17-9-4-3-8-16(17)23/h3-12,18H,2,13H2,1H3,(H,24,31). The number of para-hydroxylation sites is 1. The van der Waals surface area contributed by atoms with E-state index in [4.69, 9.17) is 16.3 Å². The average Bonchev–Trinajstić information content (AvgIpc) is 3.10. The van der Waals surface area contributed by atoms with Crippen molar-refractivity contribution in [3.05, 3.63) is 75.3 Å². The Kier molecular flexibility index (Phi) is 7.59. The van der Waals surface area contributed by atoms with Crippen LogP contribution in [0.1, 0.15) is 18.9 Å². The summed E-state index contributed by atoms with van der Waals surface area (Å²) in [6.45, 7) is 1.55. The minimum Gasteiger partial charge on any atom is -0.449 e. The number of hydrazine groups is 1. The number of nitrogens with zero attached hydrogens (tertiary/aromatic N) is 3. The average molecular weight is 487 g/mol. The Bertz CT molecular complexity index is 1180. The SMILES string of the molecule is CCOC(=O)NN(C(=O)C=Cc1cccc([N+](=O)[O-])c1)C1CC(=O)N(c2ccccc2Cl)C1=O. The van der Waals surface area contributed by atoms with Crippen LogP contribution in [0.2, 0.25) is 5.02 Å². The van der Waals surface area contributed by atoms with Crippen molar-refractivity contribution >= 4 is 52.9 Å². The summed E-state index contributed by atoms with van der Waals surface area (Å²) < 4.78 is 4.81. The van der Waals surface area contributed by atoms with Gasteiger partial charge in [-0.15, -0.1) is 0 Å². The van der Waals surface area contributed by atoms with Crippen LogP contribution in [0.4, 0.5) is 16.2 Å². The third-order valence-electron chi connectivity index (χ3n) is 4.75. The molecule has 1 heterocycles. The van der Waals surface area contributed by atoms with Crippen LogP contribution in [0.5, 0.6) is 0 Å². The number of nitro benzene ring substituents is 1. The monoisotopic (exact) mass is 486 g/mol. The van der Waals surface area contributed by atoms with Crippen molar-refractivity contribution in [2.24, 2.45) is 0 Å². The number of benzene rings is 2. The number of rotatable bonds is 6. The van der Waals surface area contributed by atoms with E-state index < -0.39 is 41.2 Å². The highest BCUT2D eigenvalue weighted by molar-refractivity contribution is 6.36. The minimum atomic E-state index is -1.37. The first-order valence-electron chi connectivity index (χ1n) is 10.0. The van der Waals surface area contributed by atoms with E-state index in [-0.39, 0.29) is 23.0 Å². The normalized spacial score (nSPS) is 15.5. The van der Waals surface area contributed by atoms with E-state index in [2.05, 4.69) is 5.43 Å². The highest BCUT2D eigenvalue weighted by atomic mass is 35.5. The zero-order chi connectivity index (χ0) is 24.8. The lowest BCUT2D eigenvalue weighted by Gasteiger charge is -2.26. The number of carbonyl (C=O) groups excluding carboxylic acids is 4. The largest absolute Gasteiger partial charge is 0.449 e. The van der Waals surface area contributed by atoms with E-state index >= 15 is 0 Å². The quantitative estimate of drug-likeness (QED) is 0.286. The van der Waals surface area contributed by atoms with Gasteiger partial charge in [0.15, 0.2) is 0 Å². The third-order valence-corrected chi connectivity index (χ3v) is 5.07. The number of hydrogen-bond donors (Lipinski definition) is 1. The molecule has 0 spiro atoms. The Hall–Kier alpha value is -4.25. The number of nitrogens with one attached hydrogen (secondary N) is 1. The number of imide groups is 1. The number of ether oxygens (including phenoxy) is 1. The second-order valence-corrected chi connectivity index (χ2v) is 7.37. The van der Waals surface area contributed by atoms with E-state index in [0.717, 1.165) is 11.0 Å². The van der Waals surface area contributed by atoms with Crippen LogP contribution in [0.25, 0.3) is 6.08 Å². The van der Waals surface area contributed by atoms with E-state index in [1.165, 1.54) is 42.5 Å². The fraction of sp³-hybridized carbons (Fsp3) is 0.182. The molecule has 1 aliphatic rings. The molecular weight excluding hydrogens is 468 g/mol. The lowest BCUT2D eigenvalue weighted by Crippen LogP contribution is -2.54. The molecule has 1 unspecified atom stereocenters. The molecule has 1 fully saturated rings. The number of amides is 4. The van der Waals surface area contributed by atoms with Gasteiger partial charge in [-0.2, -0.15) is 0 Å². The van der Waals surface area contributed by atoms with Crippen molar-refractivity contribution in [3.8, 4) is 0 Å². The summed E-state index contributed by atoms with van der Waals surface area (Å²) in [7, 11) is 0. The van der Waals surface area contributed by atoms with Gasteiger partial charge in [0.25, 0.3) is 17.5 Å². The van der Waals surface area contributed by atoms with Crippen LogP contribution in [0.15, 0.2) is 54.6 Å². The topological polar surface area (TPSA) is 139 Å². The van der Waals surface area contributed by atoms with Crippen molar-refractivity contribution in [1.82, 2.24) is 10.4 Å². The maximum absolute atomic E-state index is 13.1. The molecule has 1 N–H and O–H groups in total. The van der Waals surface area contributed by atoms with Gasteiger partial charge in [0, 0.05) is 18.2 Å². The van der Waals surface area contributed by atoms with E-state index in [9.17, 15) is 29.3 Å². The van der Waals surface area contributed by atoms with Crippen LogP contribution in [0, 0.1) is 10.1 Å². The van der Waals surface area contributed by atoms with Crippen LogP contribution in [-0.4, -0.2) is 46.4 Å². The molecular formula is C22H19ClN4O7. The lowest BCUT2D eigenvalue weighted by atomic mass is 10.2. The summed E-state index contributed by atoms with van der Waals surface area (Å²) in [5, 5.41) is 11.8. The second-order valence-electron chi connectivity index (χ2n) is 6.96. The summed E-state index contributed by atoms with van der Waals surface area (Å²) >= 11 is 6.13. The maximum atomic E-state index is 13.1. The molecule has 1 atom stereocenters. The first-order chi connectivity index (χ1) is 16.2. The second kappa shape index (κ2) is 10.6. The first-order valence-corrected chi connectivity index (χ1v) is 10.4. The van der Waals surface area contributed by atoms with Gasteiger partial charge in [0.1, 0.15) is 6.04 Å². The van der Waals surface area contributed by atoms with Gasteiger partial charge < -0.3 is 4.74 Å². The number of hydrogen-bond acceptors (Lipinski definition) is 7. The van der Waals surface area contributed by atoms with Crippen molar-refractivity contribution in [2.45, 2.75) is 19.4 Å². The Labute approximate surface area is 198 Å². The lowest BCUT2D eigenvalue weighted by molar-refractivity contribution is -0.384. The Morgan fingerprint density at radius 3 is 2.68 bits per heavy atom. The smallest absolute Gasteiger partial charge is 0.426 e. The van der Waals surface area contributed by atoms with Crippen molar-refractivity contribution in [2.75, 3.05) is 11.5 Å². The van der Waals surface area contributed by atoms with E-state index in [1.807, 2.05) is 0 Å². The van der Waals surface area contributed by atoms with Crippen LogP contribution in [0.3, 0.4) is 0 Å². The molecule has 0 aliphatic carbocycles. The number of non-ortho nitro benzene ring substituents is 1. The maximum Gasteiger partial charge on any atom is 0.426 e. The fourth-order valence-corrected chi connectivity index (χ4v) is 3.46. The minimum absolute atomic E-state index is 0.000672. The van der Waals surface area contributed by atoms with Gasteiger partial charge >= 0.3 is 6.09 Å². The fourth-order valence-electron chi connectivity index (χ4n) is 3.24. The number of nitro groups is 1. The molecule has 12 heteroatoms. The van der Waals surface area contributed by atoms with E-state index in [0.29, 0.717) is 10.6 Å². The molecule has 1 aliphatic heterocycles. The molecule has 0 saturated carbocycles. The van der Waals surface area contributed by atoms with Crippen LogP contribution in [-0.2, 0) is 19.1 Å². The molecule has 2 aromatic carbocycles. The van der Waals surface area contributed by atoms with Gasteiger partial charge in [0.05, 0.1) is 28.7 Å². The van der Waals surface area contributed by atoms with Crippen molar-refractivity contribution < 1.29 is 28.8 Å². The molecule has 4 amide bonds. The van der Waals surface area contributed by atoms with E-state index in [1.54, 1.807) is 19.1 Å². The predicted octanol–water partition coefficient (Wildman–Crippen LogP) is 3.08. The zero-order valence-electron chi connectivity index (χ0n) is 17.8. The molecule has 3 rings (SSSR count). The summed E-state index contributed by atoms with van der Waals surface area (Å²) in [5.41, 5.74) is 2.50. The Morgan fingerprint density at radius 2 is 2.00 bits per heavy atom. The highest BCUT2D eigenvalue weighted by Gasteiger charge is 2.45. The number of halogens is 1. The van der Waals surface area contributed by atoms with Gasteiger partial charge in [-0.25, -0.2) is 20.1 Å². The van der Waals surface area contributed by atoms with Crippen molar-refractivity contribution in [3.63, 3.8) is 0 Å². The summed E-state index contributed by atoms with van der Waals surface area (Å²) in [6, 6.07) is 10.4. The molecule has 0 radical (unpaired) electrons.